The zero-order valence-corrected chi connectivity index (χ0v) is 18.8. The molecule has 9 heteroatoms. The molecule has 0 atom stereocenters. The van der Waals surface area contributed by atoms with Gasteiger partial charge in [0.25, 0.3) is 11.8 Å². The van der Waals surface area contributed by atoms with Gasteiger partial charge < -0.3 is 24.6 Å². The molecule has 3 aromatic carbocycles. The predicted octanol–water partition coefficient (Wildman–Crippen LogP) is 3.58. The first-order valence-electron chi connectivity index (χ1n) is 10.4. The highest BCUT2D eigenvalue weighted by atomic mass is 16.5. The van der Waals surface area contributed by atoms with E-state index in [4.69, 9.17) is 14.2 Å². The quantitative estimate of drug-likeness (QED) is 0.312. The van der Waals surface area contributed by atoms with Crippen LogP contribution in [0.2, 0.25) is 0 Å². The third kappa shape index (κ3) is 6.73. The molecule has 0 unspecified atom stereocenters. The van der Waals surface area contributed by atoms with Crippen molar-refractivity contribution in [2.75, 3.05) is 25.6 Å². The lowest BCUT2D eigenvalue weighted by Crippen LogP contribution is -2.20. The van der Waals surface area contributed by atoms with Crippen LogP contribution in [-0.2, 0) is 4.79 Å². The van der Waals surface area contributed by atoms with Crippen LogP contribution in [0, 0.1) is 0 Å². The van der Waals surface area contributed by atoms with Crippen LogP contribution in [0.4, 0.5) is 5.69 Å². The lowest BCUT2D eigenvalue weighted by atomic mass is 10.2. The number of anilines is 1. The monoisotopic (exact) mass is 463 g/mol. The van der Waals surface area contributed by atoms with E-state index in [0.717, 1.165) is 0 Å². The fourth-order valence-electron chi connectivity index (χ4n) is 2.91. The molecule has 0 aliphatic rings. The SMILES string of the molecule is CCOc1cc(/C=N\NC(=O)c2ccc(O)cc2)ccc1OCC(=O)Nc1ccccc1OC. The van der Waals surface area contributed by atoms with Gasteiger partial charge in [0.15, 0.2) is 18.1 Å². The van der Waals surface area contributed by atoms with E-state index in [0.29, 0.717) is 40.7 Å². The number of ether oxygens (including phenoxy) is 3. The number of phenols is 1. The van der Waals surface area contributed by atoms with Crippen molar-refractivity contribution in [2.24, 2.45) is 5.10 Å². The Hall–Kier alpha value is -4.53. The molecule has 0 heterocycles. The molecule has 2 amide bonds. The van der Waals surface area contributed by atoms with Crippen molar-refractivity contribution in [3.8, 4) is 23.0 Å². The van der Waals surface area contributed by atoms with Crippen molar-refractivity contribution >= 4 is 23.7 Å². The van der Waals surface area contributed by atoms with Gasteiger partial charge in [0.05, 0.1) is 25.6 Å². The van der Waals surface area contributed by atoms with E-state index in [-0.39, 0.29) is 18.3 Å². The van der Waals surface area contributed by atoms with Crippen molar-refractivity contribution in [2.45, 2.75) is 6.92 Å². The molecule has 0 spiro atoms. The fourth-order valence-corrected chi connectivity index (χ4v) is 2.91. The van der Waals surface area contributed by atoms with E-state index >= 15 is 0 Å². The van der Waals surface area contributed by atoms with Gasteiger partial charge in [0.1, 0.15) is 11.5 Å². The summed E-state index contributed by atoms with van der Waals surface area (Å²) in [5.41, 5.74) is 3.98. The minimum Gasteiger partial charge on any atom is -0.508 e. The fraction of sp³-hybridized carbons (Fsp3) is 0.160. The van der Waals surface area contributed by atoms with Gasteiger partial charge in [-0.25, -0.2) is 5.43 Å². The number of hydrogen-bond acceptors (Lipinski definition) is 7. The number of phenolic OH excluding ortho intramolecular Hbond substituents is 1. The van der Waals surface area contributed by atoms with Crippen molar-refractivity contribution in [3.05, 3.63) is 77.9 Å². The molecule has 0 aliphatic carbocycles. The molecule has 0 bridgehead atoms. The van der Waals surface area contributed by atoms with E-state index in [9.17, 15) is 14.7 Å². The molecule has 9 nitrogen and oxygen atoms in total. The van der Waals surface area contributed by atoms with Crippen molar-refractivity contribution in [1.29, 1.82) is 0 Å². The first-order valence-corrected chi connectivity index (χ1v) is 10.4. The number of nitrogens with one attached hydrogen (secondary N) is 2. The first kappa shape index (κ1) is 24.1. The maximum atomic E-state index is 12.3. The van der Waals surface area contributed by atoms with Gasteiger partial charge >= 0.3 is 0 Å². The lowest BCUT2D eigenvalue weighted by molar-refractivity contribution is -0.118. The number of para-hydroxylation sites is 2. The number of benzene rings is 3. The van der Waals surface area contributed by atoms with Crippen LogP contribution >= 0.6 is 0 Å². The van der Waals surface area contributed by atoms with Crippen LogP contribution in [0.25, 0.3) is 0 Å². The Morgan fingerprint density at radius 3 is 2.47 bits per heavy atom. The molecule has 0 aromatic heterocycles. The summed E-state index contributed by atoms with van der Waals surface area (Å²) in [4.78, 5) is 24.4. The second-order valence-corrected chi connectivity index (χ2v) is 6.92. The third-order valence-corrected chi connectivity index (χ3v) is 4.52. The minimum atomic E-state index is -0.415. The molecule has 3 aromatic rings. The summed E-state index contributed by atoms with van der Waals surface area (Å²) in [5, 5.41) is 16.0. The highest BCUT2D eigenvalue weighted by molar-refractivity contribution is 5.95. The molecule has 0 fully saturated rings. The van der Waals surface area contributed by atoms with Gasteiger partial charge in [0, 0.05) is 5.56 Å². The maximum Gasteiger partial charge on any atom is 0.271 e. The van der Waals surface area contributed by atoms with Crippen LogP contribution in [0.5, 0.6) is 23.0 Å². The minimum absolute atomic E-state index is 0.0723. The number of hydrazone groups is 1. The summed E-state index contributed by atoms with van der Waals surface area (Å²) in [7, 11) is 1.53. The summed E-state index contributed by atoms with van der Waals surface area (Å²) in [6.07, 6.45) is 1.46. The summed E-state index contributed by atoms with van der Waals surface area (Å²) in [5.74, 6) is 0.676. The summed E-state index contributed by atoms with van der Waals surface area (Å²) in [6.45, 7) is 1.99. The molecule has 3 N–H and O–H groups in total. The maximum absolute atomic E-state index is 12.3. The highest BCUT2D eigenvalue weighted by Crippen LogP contribution is 2.28. The topological polar surface area (TPSA) is 118 Å². The molecule has 0 saturated carbocycles. The smallest absolute Gasteiger partial charge is 0.271 e. The Morgan fingerprint density at radius 1 is 0.971 bits per heavy atom. The average Bonchev–Trinajstić information content (AvgIpc) is 2.84. The number of hydrogen-bond donors (Lipinski definition) is 3. The number of amides is 2. The van der Waals surface area contributed by atoms with Crippen LogP contribution in [-0.4, -0.2) is 43.5 Å². The number of nitrogens with zero attached hydrogens (tertiary/aromatic N) is 1. The standard InChI is InChI=1S/C25H25N3O6/c1-3-33-23-14-17(15-26-28-25(31)18-9-11-19(29)12-10-18)8-13-22(23)34-16-24(30)27-20-6-4-5-7-21(20)32-2/h4-15,29H,3,16H2,1-2H3,(H,27,30)(H,28,31)/b26-15-. The second-order valence-electron chi connectivity index (χ2n) is 6.92. The number of carbonyl (C=O) groups is 2. The van der Waals surface area contributed by atoms with Gasteiger partial charge in [-0.15, -0.1) is 0 Å². The summed E-state index contributed by atoms with van der Waals surface area (Å²) in [6, 6.07) is 18.0. The molecule has 0 radical (unpaired) electrons. The van der Waals surface area contributed by atoms with Crippen LogP contribution in [0.1, 0.15) is 22.8 Å². The Bertz CT molecular complexity index is 1160. The Labute approximate surface area is 197 Å². The van der Waals surface area contributed by atoms with Gasteiger partial charge in [-0.05, 0) is 67.1 Å². The summed E-state index contributed by atoms with van der Waals surface area (Å²) >= 11 is 0. The molecule has 0 aliphatic heterocycles. The van der Waals surface area contributed by atoms with E-state index in [2.05, 4.69) is 15.8 Å². The van der Waals surface area contributed by atoms with Crippen LogP contribution in [0.15, 0.2) is 71.8 Å². The van der Waals surface area contributed by atoms with Gasteiger partial charge in [-0.3, -0.25) is 9.59 Å². The Morgan fingerprint density at radius 2 is 1.74 bits per heavy atom. The zero-order chi connectivity index (χ0) is 24.3. The van der Waals surface area contributed by atoms with Crippen LogP contribution < -0.4 is 25.0 Å². The van der Waals surface area contributed by atoms with E-state index in [1.54, 1.807) is 36.4 Å². The summed E-state index contributed by atoms with van der Waals surface area (Å²) < 4.78 is 16.5. The normalized spacial score (nSPS) is 10.5. The van der Waals surface area contributed by atoms with E-state index in [1.807, 2.05) is 13.0 Å². The molecule has 34 heavy (non-hydrogen) atoms. The highest BCUT2D eigenvalue weighted by Gasteiger charge is 2.11. The third-order valence-electron chi connectivity index (χ3n) is 4.52. The zero-order valence-electron chi connectivity index (χ0n) is 18.8. The van der Waals surface area contributed by atoms with Crippen molar-refractivity contribution in [1.82, 2.24) is 5.43 Å². The lowest BCUT2D eigenvalue weighted by Gasteiger charge is -2.13. The van der Waals surface area contributed by atoms with Crippen LogP contribution in [0.3, 0.4) is 0 Å². The van der Waals surface area contributed by atoms with E-state index in [1.165, 1.54) is 37.6 Å². The van der Waals surface area contributed by atoms with Gasteiger partial charge in [-0.2, -0.15) is 5.10 Å². The number of methoxy groups -OCH3 is 1. The second kappa shape index (κ2) is 11.9. The van der Waals surface area contributed by atoms with Gasteiger partial charge in [0.2, 0.25) is 0 Å². The van der Waals surface area contributed by atoms with E-state index < -0.39 is 5.91 Å². The molecular formula is C25H25N3O6. The Kier molecular flexibility index (Phi) is 8.45. The van der Waals surface area contributed by atoms with Gasteiger partial charge in [-0.1, -0.05) is 12.1 Å². The molecular weight excluding hydrogens is 438 g/mol. The number of carbonyl (C=O) groups excluding carboxylic acids is 2. The molecule has 3 rings (SSSR count). The Balaban J connectivity index is 1.60. The average molecular weight is 463 g/mol. The largest absolute Gasteiger partial charge is 0.508 e. The number of aromatic hydroxyl groups is 1. The van der Waals surface area contributed by atoms with Crippen molar-refractivity contribution in [3.63, 3.8) is 0 Å². The first-order chi connectivity index (χ1) is 16.5. The molecule has 176 valence electrons. The van der Waals surface area contributed by atoms with Crippen molar-refractivity contribution < 1.29 is 28.9 Å². The number of rotatable bonds is 10. The predicted molar refractivity (Wildman–Crippen MR) is 128 cm³/mol. The molecule has 0 saturated heterocycles.